The molecule has 2 rings (SSSR count). The van der Waals surface area contributed by atoms with Gasteiger partial charge in [-0.3, -0.25) is 0 Å². The van der Waals surface area contributed by atoms with E-state index in [4.69, 9.17) is 5.11 Å². The molecule has 4 heteroatoms. The van der Waals surface area contributed by atoms with Crippen LogP contribution in [0.15, 0.2) is 47.4 Å². The van der Waals surface area contributed by atoms with Crippen molar-refractivity contribution in [2.75, 3.05) is 6.61 Å². The van der Waals surface area contributed by atoms with Crippen molar-refractivity contribution in [2.45, 2.75) is 10.6 Å². The molecule has 0 aromatic heterocycles. The first-order valence-corrected chi connectivity index (χ1v) is 6.95. The van der Waals surface area contributed by atoms with Crippen molar-refractivity contribution in [3.63, 3.8) is 0 Å². The van der Waals surface area contributed by atoms with Crippen molar-refractivity contribution in [2.24, 2.45) is 0 Å². The van der Waals surface area contributed by atoms with Crippen LogP contribution in [0.4, 0.5) is 8.78 Å². The standard InChI is InChI=1S/C16H12F2OS/c17-15-8-7-14(10-16(15)18)20-11-13-5-2-1-4-12(13)6-3-9-19/h1-2,4-5,7-8,10,19H,9,11H2. The highest BCUT2D eigenvalue weighted by molar-refractivity contribution is 7.98. The van der Waals surface area contributed by atoms with Gasteiger partial charge < -0.3 is 5.11 Å². The maximum Gasteiger partial charge on any atom is 0.159 e. The summed E-state index contributed by atoms with van der Waals surface area (Å²) < 4.78 is 26.0. The van der Waals surface area contributed by atoms with Crippen LogP contribution < -0.4 is 0 Å². The number of hydrogen-bond donors (Lipinski definition) is 1. The maximum atomic E-state index is 13.1. The van der Waals surface area contributed by atoms with Gasteiger partial charge in [-0.2, -0.15) is 0 Å². The number of aliphatic hydroxyl groups excluding tert-OH is 1. The largest absolute Gasteiger partial charge is 0.384 e. The molecule has 0 aliphatic rings. The molecule has 0 fully saturated rings. The zero-order valence-electron chi connectivity index (χ0n) is 10.6. The van der Waals surface area contributed by atoms with Gasteiger partial charge in [-0.15, -0.1) is 11.8 Å². The van der Waals surface area contributed by atoms with E-state index >= 15 is 0 Å². The van der Waals surface area contributed by atoms with E-state index in [2.05, 4.69) is 11.8 Å². The van der Waals surface area contributed by atoms with Gasteiger partial charge in [0.05, 0.1) is 0 Å². The molecule has 0 atom stereocenters. The summed E-state index contributed by atoms with van der Waals surface area (Å²) in [5.74, 6) is 4.39. The minimum Gasteiger partial charge on any atom is -0.384 e. The number of halogens is 2. The normalized spacial score (nSPS) is 9.95. The summed E-state index contributed by atoms with van der Waals surface area (Å²) in [6, 6.07) is 11.4. The van der Waals surface area contributed by atoms with Crippen LogP contribution in [0.2, 0.25) is 0 Å². The molecule has 102 valence electrons. The Morgan fingerprint density at radius 3 is 2.60 bits per heavy atom. The molecule has 0 saturated carbocycles. The highest BCUT2D eigenvalue weighted by atomic mass is 32.2. The number of thioether (sulfide) groups is 1. The summed E-state index contributed by atoms with van der Waals surface area (Å²) >= 11 is 1.41. The average molecular weight is 290 g/mol. The van der Waals surface area contributed by atoms with Gasteiger partial charge in [-0.05, 0) is 29.8 Å². The van der Waals surface area contributed by atoms with E-state index in [0.717, 1.165) is 17.2 Å². The van der Waals surface area contributed by atoms with Crippen molar-refractivity contribution in [3.05, 3.63) is 65.2 Å². The van der Waals surface area contributed by atoms with Crippen molar-refractivity contribution in [3.8, 4) is 11.8 Å². The van der Waals surface area contributed by atoms with E-state index in [0.29, 0.717) is 10.6 Å². The highest BCUT2D eigenvalue weighted by Gasteiger charge is 2.05. The Balaban J connectivity index is 2.12. The minimum absolute atomic E-state index is 0.190. The molecular weight excluding hydrogens is 278 g/mol. The zero-order valence-corrected chi connectivity index (χ0v) is 11.4. The lowest BCUT2D eigenvalue weighted by Gasteiger charge is -2.05. The number of hydrogen-bond acceptors (Lipinski definition) is 2. The van der Waals surface area contributed by atoms with Gasteiger partial charge in [0.15, 0.2) is 11.6 Å². The second kappa shape index (κ2) is 7.09. The predicted octanol–water partition coefficient (Wildman–Crippen LogP) is 3.60. The summed E-state index contributed by atoms with van der Waals surface area (Å²) in [4.78, 5) is 0.661. The van der Waals surface area contributed by atoms with Crippen molar-refractivity contribution in [1.29, 1.82) is 0 Å². The van der Waals surface area contributed by atoms with Gasteiger partial charge in [0, 0.05) is 16.2 Å². The molecular formula is C16H12F2OS. The molecule has 0 aliphatic heterocycles. The van der Waals surface area contributed by atoms with E-state index < -0.39 is 11.6 Å². The quantitative estimate of drug-likeness (QED) is 0.688. The van der Waals surface area contributed by atoms with Crippen LogP contribution in [-0.4, -0.2) is 11.7 Å². The Hall–Kier alpha value is -1.83. The lowest BCUT2D eigenvalue weighted by molar-refractivity contribution is 0.350. The lowest BCUT2D eigenvalue weighted by atomic mass is 10.1. The van der Waals surface area contributed by atoms with Crippen LogP contribution in [0.3, 0.4) is 0 Å². The van der Waals surface area contributed by atoms with E-state index in [1.54, 1.807) is 6.07 Å². The van der Waals surface area contributed by atoms with Gasteiger partial charge in [0.25, 0.3) is 0 Å². The molecule has 0 spiro atoms. The third-order valence-corrected chi connectivity index (χ3v) is 3.65. The molecule has 0 heterocycles. The first-order valence-electron chi connectivity index (χ1n) is 5.96. The molecule has 2 aromatic rings. The van der Waals surface area contributed by atoms with Crippen molar-refractivity contribution < 1.29 is 13.9 Å². The minimum atomic E-state index is -0.844. The SMILES string of the molecule is OCC#Cc1ccccc1CSc1ccc(F)c(F)c1. The van der Waals surface area contributed by atoms with Crippen molar-refractivity contribution in [1.82, 2.24) is 0 Å². The average Bonchev–Trinajstić information content (AvgIpc) is 2.47. The van der Waals surface area contributed by atoms with Gasteiger partial charge in [-0.25, -0.2) is 8.78 Å². The Morgan fingerprint density at radius 2 is 1.85 bits per heavy atom. The third kappa shape index (κ3) is 3.83. The molecule has 1 nitrogen and oxygen atoms in total. The molecule has 0 amide bonds. The zero-order chi connectivity index (χ0) is 14.4. The fraction of sp³-hybridized carbons (Fsp3) is 0.125. The first-order chi connectivity index (χ1) is 9.70. The van der Waals surface area contributed by atoms with Crippen molar-refractivity contribution >= 4 is 11.8 Å². The van der Waals surface area contributed by atoms with Crippen LogP contribution in [-0.2, 0) is 5.75 Å². The van der Waals surface area contributed by atoms with Crippen LogP contribution in [0.1, 0.15) is 11.1 Å². The summed E-state index contributed by atoms with van der Waals surface area (Å²) in [7, 11) is 0. The summed E-state index contributed by atoms with van der Waals surface area (Å²) in [5, 5.41) is 8.73. The number of benzene rings is 2. The molecule has 0 bridgehead atoms. The monoisotopic (exact) mass is 290 g/mol. The fourth-order valence-electron chi connectivity index (χ4n) is 1.63. The Labute approximate surface area is 120 Å². The van der Waals surface area contributed by atoms with E-state index in [9.17, 15) is 8.78 Å². The van der Waals surface area contributed by atoms with E-state index in [-0.39, 0.29) is 6.61 Å². The van der Waals surface area contributed by atoms with Gasteiger partial charge in [-0.1, -0.05) is 30.0 Å². The Morgan fingerprint density at radius 1 is 1.05 bits per heavy atom. The smallest absolute Gasteiger partial charge is 0.159 e. The Bertz CT molecular complexity index is 659. The summed E-state index contributed by atoms with van der Waals surface area (Å²) in [6.45, 7) is -0.190. The molecule has 1 N–H and O–H groups in total. The number of rotatable bonds is 3. The molecule has 0 saturated heterocycles. The van der Waals surface area contributed by atoms with Crippen LogP contribution >= 0.6 is 11.8 Å². The second-order valence-electron chi connectivity index (χ2n) is 3.98. The van der Waals surface area contributed by atoms with Gasteiger partial charge >= 0.3 is 0 Å². The Kier molecular flexibility index (Phi) is 5.16. The van der Waals surface area contributed by atoms with Gasteiger partial charge in [0.2, 0.25) is 0 Å². The van der Waals surface area contributed by atoms with Crippen LogP contribution in [0.5, 0.6) is 0 Å². The molecule has 0 radical (unpaired) electrons. The topological polar surface area (TPSA) is 20.2 Å². The predicted molar refractivity (Wildman–Crippen MR) is 76.3 cm³/mol. The highest BCUT2D eigenvalue weighted by Crippen LogP contribution is 2.25. The van der Waals surface area contributed by atoms with Gasteiger partial charge in [0.1, 0.15) is 6.61 Å². The molecule has 20 heavy (non-hydrogen) atoms. The second-order valence-corrected chi connectivity index (χ2v) is 5.03. The summed E-state index contributed by atoms with van der Waals surface area (Å²) in [6.07, 6.45) is 0. The number of aliphatic hydroxyl groups is 1. The van der Waals surface area contributed by atoms with Crippen LogP contribution in [0, 0.1) is 23.5 Å². The van der Waals surface area contributed by atoms with E-state index in [1.807, 2.05) is 24.3 Å². The van der Waals surface area contributed by atoms with Crippen LogP contribution in [0.25, 0.3) is 0 Å². The molecule has 0 unspecified atom stereocenters. The lowest BCUT2D eigenvalue weighted by Crippen LogP contribution is -1.89. The van der Waals surface area contributed by atoms with E-state index in [1.165, 1.54) is 17.8 Å². The maximum absolute atomic E-state index is 13.1. The fourth-order valence-corrected chi connectivity index (χ4v) is 2.56. The first kappa shape index (κ1) is 14.6. The molecule has 0 aliphatic carbocycles. The summed E-state index contributed by atoms with van der Waals surface area (Å²) in [5.41, 5.74) is 1.82. The third-order valence-electron chi connectivity index (χ3n) is 2.60. The molecule has 2 aromatic carbocycles.